The molecule has 1 aromatic rings. The number of carbonyl (C=O) groups excluding carboxylic acids is 1. The summed E-state index contributed by atoms with van der Waals surface area (Å²) >= 11 is 0. The van der Waals surface area contributed by atoms with E-state index in [1.807, 2.05) is 18.2 Å². The van der Waals surface area contributed by atoms with Gasteiger partial charge >= 0.3 is 0 Å². The molecule has 112 valence electrons. The average molecular weight is 276 g/mol. The minimum absolute atomic E-state index is 0.115. The van der Waals surface area contributed by atoms with Crippen molar-refractivity contribution >= 4 is 11.6 Å². The van der Waals surface area contributed by atoms with Crippen LogP contribution in [0.15, 0.2) is 24.3 Å². The van der Waals surface area contributed by atoms with Crippen LogP contribution in [0.25, 0.3) is 0 Å². The second-order valence-electron chi connectivity index (χ2n) is 5.35. The van der Waals surface area contributed by atoms with Gasteiger partial charge in [0.25, 0.3) is 0 Å². The fourth-order valence-electron chi connectivity index (χ4n) is 2.47. The maximum Gasteiger partial charge on any atom is 0.224 e. The molecule has 0 spiro atoms. The molecule has 0 saturated carbocycles. The van der Waals surface area contributed by atoms with Gasteiger partial charge < -0.3 is 11.1 Å². The van der Waals surface area contributed by atoms with Crippen molar-refractivity contribution in [1.29, 1.82) is 0 Å². The Balaban J connectivity index is 2.49. The molecule has 3 nitrogen and oxygen atoms in total. The number of aryl methyl sites for hydroxylation is 1. The van der Waals surface area contributed by atoms with Gasteiger partial charge in [-0.1, -0.05) is 44.9 Å². The number of nitrogens with two attached hydrogens (primary N) is 1. The SMILES string of the molecule is CCCc1ccccc1NC(=O)CCC(CC)CCN. The molecule has 0 bridgehead atoms. The molecule has 1 amide bonds. The lowest BCUT2D eigenvalue weighted by Gasteiger charge is -2.14. The fourth-order valence-corrected chi connectivity index (χ4v) is 2.47. The normalized spacial score (nSPS) is 12.2. The second kappa shape index (κ2) is 9.54. The molecule has 1 unspecified atom stereocenters. The first-order valence-corrected chi connectivity index (χ1v) is 7.79. The van der Waals surface area contributed by atoms with Crippen molar-refractivity contribution in [3.05, 3.63) is 29.8 Å². The first-order chi connectivity index (χ1) is 9.71. The molecular formula is C17H28N2O. The van der Waals surface area contributed by atoms with Crippen LogP contribution in [-0.4, -0.2) is 12.5 Å². The third-order valence-corrected chi connectivity index (χ3v) is 3.74. The van der Waals surface area contributed by atoms with E-state index in [1.165, 1.54) is 5.56 Å². The summed E-state index contributed by atoms with van der Waals surface area (Å²) in [4.78, 5) is 12.1. The summed E-state index contributed by atoms with van der Waals surface area (Å²) in [6.07, 6.45) is 5.70. The van der Waals surface area contributed by atoms with Gasteiger partial charge in [0.15, 0.2) is 0 Å². The van der Waals surface area contributed by atoms with E-state index in [0.29, 0.717) is 18.9 Å². The van der Waals surface area contributed by atoms with Gasteiger partial charge in [0, 0.05) is 12.1 Å². The summed E-state index contributed by atoms with van der Waals surface area (Å²) in [5, 5.41) is 3.05. The zero-order valence-corrected chi connectivity index (χ0v) is 12.8. The standard InChI is InChI=1S/C17H28N2O/c1-3-7-15-8-5-6-9-16(15)19-17(20)11-10-14(4-2)12-13-18/h5-6,8-9,14H,3-4,7,10-13,18H2,1-2H3,(H,19,20). The lowest BCUT2D eigenvalue weighted by atomic mass is 9.96. The van der Waals surface area contributed by atoms with E-state index in [9.17, 15) is 4.79 Å². The fraction of sp³-hybridized carbons (Fsp3) is 0.588. The highest BCUT2D eigenvalue weighted by Gasteiger charge is 2.10. The second-order valence-corrected chi connectivity index (χ2v) is 5.35. The van der Waals surface area contributed by atoms with Crippen LogP contribution in [0.2, 0.25) is 0 Å². The van der Waals surface area contributed by atoms with Gasteiger partial charge in [0.2, 0.25) is 5.91 Å². The number of carbonyl (C=O) groups is 1. The Bertz CT molecular complexity index is 404. The lowest BCUT2D eigenvalue weighted by molar-refractivity contribution is -0.116. The van der Waals surface area contributed by atoms with Crippen LogP contribution in [-0.2, 0) is 11.2 Å². The van der Waals surface area contributed by atoms with Crippen molar-refractivity contribution in [2.75, 3.05) is 11.9 Å². The molecule has 3 N–H and O–H groups in total. The summed E-state index contributed by atoms with van der Waals surface area (Å²) < 4.78 is 0. The molecule has 20 heavy (non-hydrogen) atoms. The molecular weight excluding hydrogens is 248 g/mol. The summed E-state index contributed by atoms with van der Waals surface area (Å²) in [6, 6.07) is 8.06. The van der Waals surface area contributed by atoms with Crippen LogP contribution < -0.4 is 11.1 Å². The summed E-state index contributed by atoms with van der Waals surface area (Å²) in [6.45, 7) is 5.02. The topological polar surface area (TPSA) is 55.1 Å². The van der Waals surface area contributed by atoms with E-state index in [1.54, 1.807) is 0 Å². The molecule has 0 fully saturated rings. The van der Waals surface area contributed by atoms with Crippen molar-refractivity contribution in [1.82, 2.24) is 0 Å². The van der Waals surface area contributed by atoms with Crippen LogP contribution in [0.4, 0.5) is 5.69 Å². The Kier molecular flexibility index (Phi) is 7.97. The Hall–Kier alpha value is -1.35. The molecule has 0 saturated heterocycles. The quantitative estimate of drug-likeness (QED) is 0.722. The minimum Gasteiger partial charge on any atom is -0.330 e. The minimum atomic E-state index is 0.115. The van der Waals surface area contributed by atoms with Crippen LogP contribution in [0.5, 0.6) is 0 Å². The summed E-state index contributed by atoms with van der Waals surface area (Å²) in [5.41, 5.74) is 7.77. The third kappa shape index (κ3) is 5.74. The highest BCUT2D eigenvalue weighted by Crippen LogP contribution is 2.19. The Morgan fingerprint density at radius 3 is 2.65 bits per heavy atom. The molecule has 1 aromatic carbocycles. The number of hydrogen-bond acceptors (Lipinski definition) is 2. The van der Waals surface area contributed by atoms with Crippen LogP contribution in [0.1, 0.15) is 51.5 Å². The summed E-state index contributed by atoms with van der Waals surface area (Å²) in [5.74, 6) is 0.681. The molecule has 0 aliphatic carbocycles. The zero-order chi connectivity index (χ0) is 14.8. The molecule has 1 atom stereocenters. The molecule has 0 aliphatic heterocycles. The molecule has 0 radical (unpaired) electrons. The van der Waals surface area contributed by atoms with E-state index in [-0.39, 0.29) is 5.91 Å². The molecule has 0 heterocycles. The largest absolute Gasteiger partial charge is 0.330 e. The van der Waals surface area contributed by atoms with E-state index in [0.717, 1.165) is 37.8 Å². The van der Waals surface area contributed by atoms with Crippen molar-refractivity contribution in [2.24, 2.45) is 11.7 Å². The lowest BCUT2D eigenvalue weighted by Crippen LogP contribution is -2.15. The van der Waals surface area contributed by atoms with E-state index in [4.69, 9.17) is 5.73 Å². The number of rotatable bonds is 9. The molecule has 1 rings (SSSR count). The number of para-hydroxylation sites is 1. The number of hydrogen-bond donors (Lipinski definition) is 2. The monoisotopic (exact) mass is 276 g/mol. The predicted octanol–water partition coefficient (Wildman–Crippen LogP) is 3.73. The van der Waals surface area contributed by atoms with Crippen LogP contribution >= 0.6 is 0 Å². The summed E-state index contributed by atoms with van der Waals surface area (Å²) in [7, 11) is 0. The highest BCUT2D eigenvalue weighted by atomic mass is 16.1. The van der Waals surface area contributed by atoms with Crippen molar-refractivity contribution in [3.63, 3.8) is 0 Å². The first-order valence-electron chi connectivity index (χ1n) is 7.79. The average Bonchev–Trinajstić information content (AvgIpc) is 2.46. The van der Waals surface area contributed by atoms with E-state index < -0.39 is 0 Å². The molecule has 0 aromatic heterocycles. The first kappa shape index (κ1) is 16.7. The van der Waals surface area contributed by atoms with Gasteiger partial charge in [-0.05, 0) is 43.4 Å². The number of amides is 1. The predicted molar refractivity (Wildman–Crippen MR) is 85.8 cm³/mol. The van der Waals surface area contributed by atoms with Gasteiger partial charge in [-0.3, -0.25) is 4.79 Å². The van der Waals surface area contributed by atoms with Crippen molar-refractivity contribution < 1.29 is 4.79 Å². The van der Waals surface area contributed by atoms with Gasteiger partial charge in [-0.25, -0.2) is 0 Å². The Labute approximate surface area is 122 Å². The highest BCUT2D eigenvalue weighted by molar-refractivity contribution is 5.91. The smallest absolute Gasteiger partial charge is 0.224 e. The number of benzene rings is 1. The molecule has 3 heteroatoms. The van der Waals surface area contributed by atoms with Crippen molar-refractivity contribution in [2.45, 2.75) is 52.4 Å². The Morgan fingerprint density at radius 2 is 2.00 bits per heavy atom. The van der Waals surface area contributed by atoms with Gasteiger partial charge in [-0.15, -0.1) is 0 Å². The maximum absolute atomic E-state index is 12.1. The van der Waals surface area contributed by atoms with Crippen LogP contribution in [0.3, 0.4) is 0 Å². The van der Waals surface area contributed by atoms with Gasteiger partial charge in [-0.2, -0.15) is 0 Å². The van der Waals surface area contributed by atoms with E-state index >= 15 is 0 Å². The van der Waals surface area contributed by atoms with Crippen molar-refractivity contribution in [3.8, 4) is 0 Å². The van der Waals surface area contributed by atoms with E-state index in [2.05, 4.69) is 25.2 Å². The maximum atomic E-state index is 12.1. The number of nitrogens with one attached hydrogen (secondary N) is 1. The number of anilines is 1. The zero-order valence-electron chi connectivity index (χ0n) is 12.8. The van der Waals surface area contributed by atoms with Gasteiger partial charge in [0.1, 0.15) is 0 Å². The van der Waals surface area contributed by atoms with Crippen LogP contribution in [0, 0.1) is 5.92 Å². The third-order valence-electron chi connectivity index (χ3n) is 3.74. The van der Waals surface area contributed by atoms with Gasteiger partial charge in [0.05, 0.1) is 0 Å². The molecule has 0 aliphatic rings. The Morgan fingerprint density at radius 1 is 1.25 bits per heavy atom.